The van der Waals surface area contributed by atoms with Crippen molar-refractivity contribution in [2.24, 2.45) is 4.36 Å². The normalized spacial score (nSPS) is 22.2. The number of anilines is 2. The number of nitrogens with zero attached hydrogens (tertiary/aromatic N) is 4. The fourth-order valence-corrected chi connectivity index (χ4v) is 6.78. The second-order valence-electron chi connectivity index (χ2n) is 8.89. The quantitative estimate of drug-likeness (QED) is 0.562. The monoisotopic (exact) mass is 467 g/mol. The number of pyridine rings is 1. The van der Waals surface area contributed by atoms with Gasteiger partial charge in [-0.1, -0.05) is 0 Å². The molecule has 0 radical (unpaired) electrons. The van der Waals surface area contributed by atoms with Crippen LogP contribution in [0.25, 0.3) is 10.9 Å². The summed E-state index contributed by atoms with van der Waals surface area (Å²) in [6.07, 6.45) is 8.08. The second kappa shape index (κ2) is 9.23. The number of ether oxygens (including phenoxy) is 1. The molecule has 0 amide bonds. The van der Waals surface area contributed by atoms with E-state index in [4.69, 9.17) is 4.74 Å². The highest BCUT2D eigenvalue weighted by Crippen LogP contribution is 2.34. The van der Waals surface area contributed by atoms with E-state index in [-0.39, 0.29) is 12.2 Å². The van der Waals surface area contributed by atoms with E-state index in [2.05, 4.69) is 24.6 Å². The highest BCUT2D eigenvalue weighted by molar-refractivity contribution is 7.93. The zero-order valence-electron chi connectivity index (χ0n) is 18.7. The lowest BCUT2D eigenvalue weighted by Crippen LogP contribution is -2.27. The molecule has 9 heteroatoms. The lowest BCUT2D eigenvalue weighted by atomic mass is 9.95. The van der Waals surface area contributed by atoms with Gasteiger partial charge in [-0.25, -0.2) is 19.2 Å². The summed E-state index contributed by atoms with van der Waals surface area (Å²) in [6, 6.07) is 7.60. The third-order valence-corrected chi connectivity index (χ3v) is 8.71. The van der Waals surface area contributed by atoms with Gasteiger partial charge in [0.25, 0.3) is 0 Å². The van der Waals surface area contributed by atoms with E-state index in [0.29, 0.717) is 28.9 Å². The summed E-state index contributed by atoms with van der Waals surface area (Å²) >= 11 is 0. The molecule has 1 aromatic carbocycles. The number of benzene rings is 1. The topological polar surface area (TPSA) is 110 Å². The smallest absolute Gasteiger partial charge is 0.238 e. The van der Waals surface area contributed by atoms with Gasteiger partial charge in [0.15, 0.2) is 0 Å². The van der Waals surface area contributed by atoms with Crippen molar-refractivity contribution in [2.45, 2.75) is 57.7 Å². The number of hydrogen-bond donors (Lipinski definition) is 2. The Hall–Kier alpha value is -2.78. The van der Waals surface area contributed by atoms with Crippen LogP contribution in [0.3, 0.4) is 0 Å². The number of nitrogens with one attached hydrogen (secondary N) is 1. The number of aliphatic hydroxyl groups excluding tert-OH is 1. The van der Waals surface area contributed by atoms with Crippen molar-refractivity contribution in [1.29, 1.82) is 0 Å². The van der Waals surface area contributed by atoms with Crippen LogP contribution in [-0.2, 0) is 9.73 Å². The minimum atomic E-state index is -2.15. The highest BCUT2D eigenvalue weighted by atomic mass is 32.2. The Morgan fingerprint density at radius 1 is 1.12 bits per heavy atom. The van der Waals surface area contributed by atoms with Crippen molar-refractivity contribution < 1.29 is 14.1 Å². The number of aromatic nitrogens is 3. The molecule has 3 aromatic rings. The molecule has 1 saturated heterocycles. The van der Waals surface area contributed by atoms with Gasteiger partial charge in [-0.05, 0) is 75.3 Å². The van der Waals surface area contributed by atoms with Crippen molar-refractivity contribution in [2.75, 3.05) is 16.8 Å². The zero-order valence-corrected chi connectivity index (χ0v) is 19.6. The molecule has 174 valence electrons. The average molecular weight is 468 g/mol. The van der Waals surface area contributed by atoms with Gasteiger partial charge in [0.1, 0.15) is 23.9 Å². The molecule has 2 aromatic heterocycles. The molecule has 33 heavy (non-hydrogen) atoms. The van der Waals surface area contributed by atoms with Crippen LogP contribution in [0.4, 0.5) is 17.2 Å². The van der Waals surface area contributed by atoms with Crippen molar-refractivity contribution in [3.05, 3.63) is 42.4 Å². The molecule has 0 spiro atoms. The van der Waals surface area contributed by atoms with Crippen LogP contribution in [-0.4, -0.2) is 48.0 Å². The molecule has 5 rings (SSSR count). The maximum atomic E-state index is 12.9. The molecule has 1 aliphatic heterocycles. The molecule has 1 saturated carbocycles. The number of hydrogen-bond acceptors (Lipinski definition) is 8. The summed E-state index contributed by atoms with van der Waals surface area (Å²) in [7, 11) is -2.15. The van der Waals surface area contributed by atoms with Crippen molar-refractivity contribution >= 4 is 37.8 Å². The van der Waals surface area contributed by atoms with Crippen LogP contribution >= 0.6 is 0 Å². The first-order valence-corrected chi connectivity index (χ1v) is 13.4. The maximum absolute atomic E-state index is 12.9. The third-order valence-electron chi connectivity index (χ3n) is 6.31. The van der Waals surface area contributed by atoms with Crippen molar-refractivity contribution in [3.8, 4) is 5.88 Å². The standard InChI is InChI=1S/C24H29N5O3S/c1-16-13-17(29-33(31)11-2-3-12-33)14-21-22(16)23(27-15-26-21)28-20-5-4-10-25-24(20)32-19-8-6-18(30)7-9-19/h4-5,10,13-15,18-19,30H,2-3,6-9,11-12H2,1H3,(H,26,27,28)/t18-,19-. The Labute approximate surface area is 194 Å². The van der Waals surface area contributed by atoms with E-state index in [1.807, 2.05) is 31.2 Å². The first kappa shape index (κ1) is 22.0. The highest BCUT2D eigenvalue weighted by Gasteiger charge is 2.22. The molecule has 0 bridgehead atoms. The molecule has 2 aliphatic rings. The molecule has 1 aliphatic carbocycles. The largest absolute Gasteiger partial charge is 0.473 e. The Kier molecular flexibility index (Phi) is 6.16. The number of fused-ring (bicyclic) bond motifs is 1. The lowest BCUT2D eigenvalue weighted by Gasteiger charge is -2.26. The summed E-state index contributed by atoms with van der Waals surface area (Å²) in [6.45, 7) is 1.99. The molecule has 3 heterocycles. The van der Waals surface area contributed by atoms with Gasteiger partial charge < -0.3 is 15.2 Å². The number of aliphatic hydroxyl groups is 1. The Balaban J connectivity index is 1.45. The Morgan fingerprint density at radius 2 is 1.91 bits per heavy atom. The van der Waals surface area contributed by atoms with Gasteiger partial charge in [0.2, 0.25) is 5.88 Å². The summed E-state index contributed by atoms with van der Waals surface area (Å²) in [5.74, 6) is 2.52. The number of rotatable bonds is 5. The van der Waals surface area contributed by atoms with E-state index in [1.54, 1.807) is 6.20 Å². The first-order valence-electron chi connectivity index (χ1n) is 11.5. The molecule has 0 unspecified atom stereocenters. The third kappa shape index (κ3) is 4.94. The summed E-state index contributed by atoms with van der Waals surface area (Å²) < 4.78 is 23.7. The van der Waals surface area contributed by atoms with E-state index in [0.717, 1.165) is 60.7 Å². The molecule has 2 fully saturated rings. The fourth-order valence-electron chi connectivity index (χ4n) is 4.59. The summed E-state index contributed by atoms with van der Waals surface area (Å²) in [5, 5.41) is 14.0. The van der Waals surface area contributed by atoms with Gasteiger partial charge in [0, 0.05) is 23.1 Å². The van der Waals surface area contributed by atoms with Crippen LogP contribution in [0, 0.1) is 6.92 Å². The van der Waals surface area contributed by atoms with E-state index < -0.39 is 9.73 Å². The molecular weight excluding hydrogens is 438 g/mol. The zero-order chi connectivity index (χ0) is 22.8. The van der Waals surface area contributed by atoms with Crippen LogP contribution in [0.2, 0.25) is 0 Å². The fraction of sp³-hybridized carbons (Fsp3) is 0.458. The minimum absolute atomic E-state index is 0.0365. The van der Waals surface area contributed by atoms with Gasteiger partial charge in [-0.15, -0.1) is 0 Å². The predicted octanol–water partition coefficient (Wildman–Crippen LogP) is 4.65. The Bertz CT molecular complexity index is 1270. The molecule has 0 atom stereocenters. The summed E-state index contributed by atoms with van der Waals surface area (Å²) in [5.41, 5.74) is 3.15. The predicted molar refractivity (Wildman–Crippen MR) is 130 cm³/mol. The summed E-state index contributed by atoms with van der Waals surface area (Å²) in [4.78, 5) is 13.4. The SMILES string of the molecule is Cc1cc(N=S2(=O)CCCC2)cc2ncnc(Nc3cccnc3O[C@H]3CC[C@H](O)CC3)c12. The molecule has 8 nitrogen and oxygen atoms in total. The van der Waals surface area contributed by atoms with E-state index in [1.165, 1.54) is 6.33 Å². The van der Waals surface area contributed by atoms with E-state index in [9.17, 15) is 9.32 Å². The van der Waals surface area contributed by atoms with Gasteiger partial charge in [-0.2, -0.15) is 4.36 Å². The first-order chi connectivity index (χ1) is 16.0. The van der Waals surface area contributed by atoms with Crippen LogP contribution in [0.1, 0.15) is 44.1 Å². The van der Waals surface area contributed by atoms with E-state index >= 15 is 0 Å². The second-order valence-corrected chi connectivity index (χ2v) is 11.4. The van der Waals surface area contributed by atoms with Crippen LogP contribution < -0.4 is 10.1 Å². The minimum Gasteiger partial charge on any atom is -0.473 e. The lowest BCUT2D eigenvalue weighted by molar-refractivity contribution is 0.0647. The molecular formula is C24H29N5O3S. The van der Waals surface area contributed by atoms with Crippen molar-refractivity contribution in [1.82, 2.24) is 15.0 Å². The Morgan fingerprint density at radius 3 is 2.70 bits per heavy atom. The maximum Gasteiger partial charge on any atom is 0.238 e. The van der Waals surface area contributed by atoms with Crippen LogP contribution in [0.15, 0.2) is 41.2 Å². The van der Waals surface area contributed by atoms with Gasteiger partial charge >= 0.3 is 0 Å². The van der Waals surface area contributed by atoms with Gasteiger partial charge in [0.05, 0.1) is 27.0 Å². The van der Waals surface area contributed by atoms with Crippen LogP contribution in [0.5, 0.6) is 5.88 Å². The van der Waals surface area contributed by atoms with Crippen molar-refractivity contribution in [3.63, 3.8) is 0 Å². The van der Waals surface area contributed by atoms with Gasteiger partial charge in [-0.3, -0.25) is 0 Å². The average Bonchev–Trinajstić information content (AvgIpc) is 3.22. The molecule has 2 N–H and O–H groups in total. The number of aryl methyl sites for hydroxylation is 1.